The fourth-order valence-corrected chi connectivity index (χ4v) is 2.10. The summed E-state index contributed by atoms with van der Waals surface area (Å²) >= 11 is 0. The highest BCUT2D eigenvalue weighted by molar-refractivity contribution is 4.92. The van der Waals surface area contributed by atoms with Gasteiger partial charge < -0.3 is 15.1 Å². The molecule has 0 aliphatic heterocycles. The molecular formula is C17H37N3O. The Kier molecular flexibility index (Phi) is 9.18. The lowest BCUT2D eigenvalue weighted by atomic mass is 9.79. The van der Waals surface area contributed by atoms with E-state index < -0.39 is 0 Å². The maximum absolute atomic E-state index is 5.95. The highest BCUT2D eigenvalue weighted by Gasteiger charge is 2.20. The van der Waals surface area contributed by atoms with Gasteiger partial charge in [0.1, 0.15) is 0 Å². The van der Waals surface area contributed by atoms with Gasteiger partial charge in [-0.3, -0.25) is 0 Å². The van der Waals surface area contributed by atoms with Crippen LogP contribution in [0.5, 0.6) is 0 Å². The highest BCUT2D eigenvalue weighted by Crippen LogP contribution is 2.29. The van der Waals surface area contributed by atoms with Gasteiger partial charge in [-0.15, -0.1) is 0 Å². The Labute approximate surface area is 132 Å². The van der Waals surface area contributed by atoms with Gasteiger partial charge in [0.2, 0.25) is 0 Å². The summed E-state index contributed by atoms with van der Waals surface area (Å²) < 4.78 is 5.58. The van der Waals surface area contributed by atoms with Crippen molar-refractivity contribution >= 4 is 0 Å². The minimum atomic E-state index is 0.147. The van der Waals surface area contributed by atoms with Gasteiger partial charge in [-0.25, -0.2) is 5.84 Å². The molecule has 0 saturated carbocycles. The van der Waals surface area contributed by atoms with E-state index in [0.29, 0.717) is 25.7 Å². The Morgan fingerprint density at radius 1 is 1.14 bits per heavy atom. The summed E-state index contributed by atoms with van der Waals surface area (Å²) in [7, 11) is 0. The van der Waals surface area contributed by atoms with E-state index in [1.54, 1.807) is 5.01 Å². The number of allylic oxidation sites excluding steroid dienone is 1. The van der Waals surface area contributed by atoms with E-state index in [-0.39, 0.29) is 11.0 Å². The minimum absolute atomic E-state index is 0.147. The highest BCUT2D eigenvalue weighted by atomic mass is 16.5. The number of hydrogen-bond acceptors (Lipinski definition) is 4. The molecule has 4 nitrogen and oxygen atoms in total. The molecule has 3 N–H and O–H groups in total. The smallest absolute Gasteiger partial charge is 0.0657 e. The second-order valence-corrected chi connectivity index (χ2v) is 7.75. The maximum Gasteiger partial charge on any atom is 0.0657 e. The van der Waals surface area contributed by atoms with Crippen molar-refractivity contribution in [3.05, 3.63) is 12.3 Å². The van der Waals surface area contributed by atoms with Crippen molar-refractivity contribution in [2.75, 3.05) is 26.3 Å². The maximum atomic E-state index is 5.95. The number of ether oxygens (including phenoxy) is 1. The van der Waals surface area contributed by atoms with E-state index >= 15 is 0 Å². The van der Waals surface area contributed by atoms with Crippen molar-refractivity contribution in [2.24, 2.45) is 17.2 Å². The average Bonchev–Trinajstić information content (AvgIpc) is 2.31. The Bertz CT molecular complexity index is 289. The monoisotopic (exact) mass is 299 g/mol. The lowest BCUT2D eigenvalue weighted by molar-refractivity contribution is 0.114. The molecule has 0 aliphatic carbocycles. The molecule has 0 aromatic carbocycles. The Morgan fingerprint density at radius 2 is 1.76 bits per heavy atom. The molecule has 1 unspecified atom stereocenters. The third-order valence-electron chi connectivity index (χ3n) is 3.46. The lowest BCUT2D eigenvalue weighted by Gasteiger charge is -2.27. The van der Waals surface area contributed by atoms with Crippen molar-refractivity contribution in [1.82, 2.24) is 10.3 Å². The van der Waals surface area contributed by atoms with Crippen LogP contribution in [-0.4, -0.2) is 36.9 Å². The van der Waals surface area contributed by atoms with Gasteiger partial charge in [-0.2, -0.15) is 0 Å². The van der Waals surface area contributed by atoms with E-state index in [9.17, 15) is 0 Å². The molecule has 21 heavy (non-hydrogen) atoms. The molecule has 0 aliphatic rings. The van der Waals surface area contributed by atoms with Crippen molar-refractivity contribution in [1.29, 1.82) is 0 Å². The first-order valence-electron chi connectivity index (χ1n) is 8.08. The molecule has 0 heterocycles. The largest absolute Gasteiger partial charge is 0.378 e. The van der Waals surface area contributed by atoms with Crippen molar-refractivity contribution in [3.63, 3.8) is 0 Å². The van der Waals surface area contributed by atoms with Gasteiger partial charge in [0, 0.05) is 18.3 Å². The summed E-state index contributed by atoms with van der Waals surface area (Å²) in [5, 5.41) is 5.10. The zero-order valence-corrected chi connectivity index (χ0v) is 15.2. The first kappa shape index (κ1) is 20.4. The summed E-state index contributed by atoms with van der Waals surface area (Å²) in [5.74, 6) is 6.50. The minimum Gasteiger partial charge on any atom is -0.378 e. The molecule has 0 fully saturated rings. The van der Waals surface area contributed by atoms with Crippen LogP contribution in [-0.2, 0) is 4.74 Å². The van der Waals surface area contributed by atoms with Crippen molar-refractivity contribution < 1.29 is 4.74 Å². The second-order valence-electron chi connectivity index (χ2n) is 7.75. The van der Waals surface area contributed by atoms with E-state index in [1.165, 1.54) is 0 Å². The molecule has 0 spiro atoms. The number of nitrogens with two attached hydrogens (primary N) is 1. The molecule has 0 saturated heterocycles. The molecule has 0 bridgehead atoms. The standard InChI is InChI=1S/C17H37N3O/c1-8-15(16(2,3)4)9-11-20(18)12-14-21-13-10-19-17(5,6)7/h9,11,15,19H,8,10,12-14,18H2,1-7H3/b11-9-. The normalized spacial score (nSPS) is 14.7. The fourth-order valence-electron chi connectivity index (χ4n) is 2.10. The van der Waals surface area contributed by atoms with Crippen molar-refractivity contribution in [2.45, 2.75) is 60.4 Å². The van der Waals surface area contributed by atoms with Crippen LogP contribution in [0.25, 0.3) is 0 Å². The van der Waals surface area contributed by atoms with Crippen LogP contribution < -0.4 is 11.2 Å². The average molecular weight is 300 g/mol. The molecule has 4 heteroatoms. The molecule has 0 aromatic rings. The van der Waals surface area contributed by atoms with Gasteiger partial charge in [-0.05, 0) is 38.5 Å². The van der Waals surface area contributed by atoms with Gasteiger partial charge >= 0.3 is 0 Å². The van der Waals surface area contributed by atoms with Crippen LogP contribution in [0.3, 0.4) is 0 Å². The summed E-state index contributed by atoms with van der Waals surface area (Å²) in [4.78, 5) is 0. The predicted molar refractivity (Wildman–Crippen MR) is 91.8 cm³/mol. The predicted octanol–water partition coefficient (Wildman–Crippen LogP) is 3.15. The Hall–Kier alpha value is -0.580. The molecule has 0 amide bonds. The SMILES string of the molecule is CCC(/C=C\N(N)CCOCCNC(C)(C)C)C(C)(C)C. The molecule has 0 aromatic heterocycles. The van der Waals surface area contributed by atoms with E-state index in [2.05, 4.69) is 59.9 Å². The molecule has 0 rings (SSSR count). The third-order valence-corrected chi connectivity index (χ3v) is 3.46. The van der Waals surface area contributed by atoms with Gasteiger partial charge in [0.05, 0.1) is 19.8 Å². The van der Waals surface area contributed by atoms with Crippen LogP contribution in [0.15, 0.2) is 12.3 Å². The van der Waals surface area contributed by atoms with Gasteiger partial charge in [0.25, 0.3) is 0 Å². The lowest BCUT2D eigenvalue weighted by Crippen LogP contribution is -2.38. The topological polar surface area (TPSA) is 50.5 Å². The molecule has 1 atom stereocenters. The zero-order chi connectivity index (χ0) is 16.5. The van der Waals surface area contributed by atoms with Crippen LogP contribution in [0.1, 0.15) is 54.9 Å². The first-order chi connectivity index (χ1) is 9.56. The Morgan fingerprint density at radius 3 is 2.24 bits per heavy atom. The van der Waals surface area contributed by atoms with E-state index in [1.807, 2.05) is 6.20 Å². The molecule has 126 valence electrons. The first-order valence-corrected chi connectivity index (χ1v) is 8.08. The summed E-state index contributed by atoms with van der Waals surface area (Å²) in [6, 6.07) is 0. The van der Waals surface area contributed by atoms with Crippen molar-refractivity contribution in [3.8, 4) is 0 Å². The Balaban J connectivity index is 3.83. The summed E-state index contributed by atoms with van der Waals surface area (Å²) in [6.45, 7) is 18.4. The van der Waals surface area contributed by atoms with E-state index in [0.717, 1.165) is 13.0 Å². The fraction of sp³-hybridized carbons (Fsp3) is 0.882. The molecule has 0 radical (unpaired) electrons. The van der Waals surface area contributed by atoms with E-state index in [4.69, 9.17) is 10.6 Å². The van der Waals surface area contributed by atoms with Crippen LogP contribution >= 0.6 is 0 Å². The number of hydrazine groups is 1. The number of nitrogens with one attached hydrogen (secondary N) is 1. The molecular weight excluding hydrogens is 262 g/mol. The van der Waals surface area contributed by atoms with Gasteiger partial charge in [0.15, 0.2) is 0 Å². The van der Waals surface area contributed by atoms with Crippen LogP contribution in [0.2, 0.25) is 0 Å². The zero-order valence-electron chi connectivity index (χ0n) is 15.2. The number of hydrogen-bond donors (Lipinski definition) is 2. The van der Waals surface area contributed by atoms with Crippen LogP contribution in [0, 0.1) is 11.3 Å². The van der Waals surface area contributed by atoms with Crippen LogP contribution in [0.4, 0.5) is 0 Å². The second kappa shape index (κ2) is 9.44. The quantitative estimate of drug-likeness (QED) is 0.390. The summed E-state index contributed by atoms with van der Waals surface area (Å²) in [6.07, 6.45) is 5.32. The summed E-state index contributed by atoms with van der Waals surface area (Å²) in [5.41, 5.74) is 0.426. The third kappa shape index (κ3) is 11.7. The number of rotatable bonds is 9. The number of nitrogens with zero attached hydrogens (tertiary/aromatic N) is 1. The van der Waals surface area contributed by atoms with Gasteiger partial charge in [-0.1, -0.05) is 33.8 Å².